The molecule has 0 aromatic heterocycles. The first-order chi connectivity index (χ1) is 13.9. The van der Waals surface area contributed by atoms with Gasteiger partial charge in [-0.05, 0) is 49.7 Å². The average molecular weight is 418 g/mol. The monoisotopic (exact) mass is 417 g/mol. The van der Waals surface area contributed by atoms with Crippen molar-refractivity contribution in [1.82, 2.24) is 10.9 Å². The predicted molar refractivity (Wildman–Crippen MR) is 112 cm³/mol. The fraction of sp³-hybridized carbons (Fsp3) is 0.286. The van der Waals surface area contributed by atoms with E-state index in [1.54, 1.807) is 55.5 Å². The fourth-order valence-corrected chi connectivity index (χ4v) is 2.52. The highest BCUT2D eigenvalue weighted by molar-refractivity contribution is 6.32. The van der Waals surface area contributed by atoms with Crippen molar-refractivity contribution in [2.45, 2.75) is 39.2 Å². The molecule has 0 fully saturated rings. The molecule has 0 saturated heterocycles. The van der Waals surface area contributed by atoms with Crippen LogP contribution in [0, 0.1) is 0 Å². The van der Waals surface area contributed by atoms with Crippen molar-refractivity contribution in [3.05, 3.63) is 59.1 Å². The number of halogens is 1. The summed E-state index contributed by atoms with van der Waals surface area (Å²) in [6.07, 6.45) is 1.36. The summed E-state index contributed by atoms with van der Waals surface area (Å²) in [5.74, 6) is -0.714. The third kappa shape index (κ3) is 7.12. The van der Waals surface area contributed by atoms with Crippen LogP contribution in [0.1, 0.15) is 43.5 Å². The number of carbonyl (C=O) groups excluding carboxylic acids is 3. The van der Waals surface area contributed by atoms with Gasteiger partial charge in [0, 0.05) is 17.7 Å². The maximum absolute atomic E-state index is 12.2. The number of anilines is 1. The zero-order chi connectivity index (χ0) is 21.2. The Morgan fingerprint density at radius 2 is 1.72 bits per heavy atom. The van der Waals surface area contributed by atoms with Crippen LogP contribution in [0.2, 0.25) is 5.02 Å². The van der Waals surface area contributed by atoms with Crippen molar-refractivity contribution in [3.63, 3.8) is 0 Å². The van der Waals surface area contributed by atoms with E-state index in [1.807, 2.05) is 6.92 Å². The largest absolute Gasteiger partial charge is 0.479 e. The van der Waals surface area contributed by atoms with Crippen LogP contribution >= 0.6 is 11.6 Å². The molecule has 0 aliphatic carbocycles. The van der Waals surface area contributed by atoms with Crippen LogP contribution in [0.15, 0.2) is 48.5 Å². The number of ether oxygens (including phenoxy) is 1. The van der Waals surface area contributed by atoms with Crippen LogP contribution < -0.4 is 20.9 Å². The molecule has 154 valence electrons. The second-order valence-corrected chi connectivity index (χ2v) is 6.77. The second kappa shape index (κ2) is 11.1. The highest BCUT2D eigenvalue weighted by atomic mass is 35.5. The molecule has 1 atom stereocenters. The van der Waals surface area contributed by atoms with E-state index in [9.17, 15) is 14.4 Å². The molecule has 7 nitrogen and oxygen atoms in total. The molecule has 0 aliphatic heterocycles. The average Bonchev–Trinajstić information content (AvgIpc) is 2.72. The fourth-order valence-electron chi connectivity index (χ4n) is 2.34. The molecular formula is C21H24ClN3O4. The number of hydrogen-bond acceptors (Lipinski definition) is 4. The van der Waals surface area contributed by atoms with Gasteiger partial charge >= 0.3 is 0 Å². The lowest BCUT2D eigenvalue weighted by atomic mass is 10.2. The first kappa shape index (κ1) is 22.2. The summed E-state index contributed by atoms with van der Waals surface area (Å²) in [5, 5.41) is 3.16. The van der Waals surface area contributed by atoms with Crippen molar-refractivity contribution in [1.29, 1.82) is 0 Å². The Labute approximate surface area is 174 Å². The van der Waals surface area contributed by atoms with Crippen LogP contribution in [-0.4, -0.2) is 23.8 Å². The molecule has 2 rings (SSSR count). The van der Waals surface area contributed by atoms with E-state index in [-0.39, 0.29) is 5.91 Å². The number of hydrogen-bond donors (Lipinski definition) is 3. The van der Waals surface area contributed by atoms with Crippen molar-refractivity contribution in [3.8, 4) is 5.75 Å². The normalized spacial score (nSPS) is 11.3. The molecule has 0 spiro atoms. The summed E-state index contributed by atoms with van der Waals surface area (Å²) in [6.45, 7) is 3.56. The third-order valence-corrected chi connectivity index (χ3v) is 4.31. The Hall–Kier alpha value is -3.06. The highest BCUT2D eigenvalue weighted by Gasteiger charge is 2.17. The minimum Gasteiger partial charge on any atom is -0.479 e. The number of carbonyl (C=O) groups is 3. The van der Waals surface area contributed by atoms with Crippen LogP contribution in [0.25, 0.3) is 0 Å². The van der Waals surface area contributed by atoms with Crippen LogP contribution in [-0.2, 0) is 9.59 Å². The summed E-state index contributed by atoms with van der Waals surface area (Å²) in [4.78, 5) is 36.0. The summed E-state index contributed by atoms with van der Waals surface area (Å²) in [5.41, 5.74) is 5.58. The van der Waals surface area contributed by atoms with Crippen molar-refractivity contribution < 1.29 is 19.1 Å². The quantitative estimate of drug-likeness (QED) is 0.570. The highest BCUT2D eigenvalue weighted by Crippen LogP contribution is 2.24. The van der Waals surface area contributed by atoms with E-state index in [0.29, 0.717) is 28.4 Å². The summed E-state index contributed by atoms with van der Waals surface area (Å²) in [6, 6.07) is 13.2. The molecule has 3 N–H and O–H groups in total. The number of benzene rings is 2. The minimum absolute atomic E-state index is 0.0659. The summed E-state index contributed by atoms with van der Waals surface area (Å²) < 4.78 is 5.49. The standard InChI is InChI=1S/C21H24ClN3O4/c1-3-4-9-19(26)23-16-12-10-15(11-13-16)21(28)25-24-20(27)14(2)29-18-8-6-5-7-17(18)22/h5-8,10-14H,3-4,9H2,1-2H3,(H,23,26)(H,24,27)(H,25,28). The van der Waals surface area contributed by atoms with Gasteiger partial charge in [0.25, 0.3) is 11.8 Å². The van der Waals surface area contributed by atoms with E-state index < -0.39 is 17.9 Å². The minimum atomic E-state index is -0.865. The molecule has 0 aliphatic rings. The first-order valence-electron chi connectivity index (χ1n) is 9.32. The van der Waals surface area contributed by atoms with Gasteiger partial charge in [0.2, 0.25) is 5.91 Å². The van der Waals surface area contributed by atoms with E-state index in [4.69, 9.17) is 16.3 Å². The van der Waals surface area contributed by atoms with Crippen molar-refractivity contribution in [2.75, 3.05) is 5.32 Å². The number of unbranched alkanes of at least 4 members (excludes halogenated alkanes) is 1. The van der Waals surface area contributed by atoms with Gasteiger partial charge < -0.3 is 10.1 Å². The molecule has 0 saturated carbocycles. The van der Waals surface area contributed by atoms with Gasteiger partial charge in [-0.25, -0.2) is 0 Å². The topological polar surface area (TPSA) is 96.5 Å². The Balaban J connectivity index is 1.82. The molecule has 1 unspecified atom stereocenters. The molecule has 0 heterocycles. The molecule has 0 radical (unpaired) electrons. The SMILES string of the molecule is CCCCC(=O)Nc1ccc(C(=O)NNC(=O)C(C)Oc2ccccc2Cl)cc1. The Morgan fingerprint density at radius 1 is 1.03 bits per heavy atom. The van der Waals surface area contributed by atoms with Gasteiger partial charge in [0.05, 0.1) is 5.02 Å². The number of para-hydroxylation sites is 1. The molecule has 3 amide bonds. The van der Waals surface area contributed by atoms with E-state index in [2.05, 4.69) is 16.2 Å². The Morgan fingerprint density at radius 3 is 2.38 bits per heavy atom. The molecule has 2 aromatic rings. The number of rotatable bonds is 8. The van der Waals surface area contributed by atoms with Gasteiger partial charge in [0.1, 0.15) is 5.75 Å². The van der Waals surface area contributed by atoms with Gasteiger partial charge in [-0.2, -0.15) is 0 Å². The number of nitrogens with one attached hydrogen (secondary N) is 3. The van der Waals surface area contributed by atoms with Gasteiger partial charge in [-0.15, -0.1) is 0 Å². The first-order valence-corrected chi connectivity index (χ1v) is 9.69. The predicted octanol–water partition coefficient (Wildman–Crippen LogP) is 3.70. The van der Waals surface area contributed by atoms with E-state index in [0.717, 1.165) is 12.8 Å². The lowest BCUT2D eigenvalue weighted by Crippen LogP contribution is -2.47. The maximum atomic E-state index is 12.2. The van der Waals surface area contributed by atoms with Crippen LogP contribution in [0.5, 0.6) is 5.75 Å². The zero-order valence-electron chi connectivity index (χ0n) is 16.3. The van der Waals surface area contributed by atoms with Crippen LogP contribution in [0.4, 0.5) is 5.69 Å². The lowest BCUT2D eigenvalue weighted by Gasteiger charge is -2.16. The van der Waals surface area contributed by atoms with E-state index in [1.165, 1.54) is 0 Å². The van der Waals surface area contributed by atoms with Gasteiger partial charge in [0.15, 0.2) is 6.10 Å². The molecular weight excluding hydrogens is 394 g/mol. The van der Waals surface area contributed by atoms with Crippen molar-refractivity contribution in [2.24, 2.45) is 0 Å². The maximum Gasteiger partial charge on any atom is 0.279 e. The Bertz CT molecular complexity index is 855. The molecule has 2 aromatic carbocycles. The molecule has 0 bridgehead atoms. The summed E-state index contributed by atoms with van der Waals surface area (Å²) in [7, 11) is 0. The number of amides is 3. The van der Waals surface area contributed by atoms with Crippen molar-refractivity contribution >= 4 is 35.0 Å². The van der Waals surface area contributed by atoms with E-state index >= 15 is 0 Å². The van der Waals surface area contributed by atoms with Crippen LogP contribution in [0.3, 0.4) is 0 Å². The second-order valence-electron chi connectivity index (χ2n) is 6.36. The Kier molecular flexibility index (Phi) is 8.48. The third-order valence-electron chi connectivity index (χ3n) is 4.00. The van der Waals surface area contributed by atoms with Gasteiger partial charge in [-0.1, -0.05) is 37.1 Å². The molecule has 29 heavy (non-hydrogen) atoms. The smallest absolute Gasteiger partial charge is 0.279 e. The number of hydrazine groups is 1. The van der Waals surface area contributed by atoms with Gasteiger partial charge in [-0.3, -0.25) is 25.2 Å². The lowest BCUT2D eigenvalue weighted by molar-refractivity contribution is -0.128. The summed E-state index contributed by atoms with van der Waals surface area (Å²) >= 11 is 6.00. The molecule has 8 heteroatoms. The zero-order valence-corrected chi connectivity index (χ0v) is 17.1.